The van der Waals surface area contributed by atoms with Crippen molar-refractivity contribution in [1.82, 2.24) is 15.3 Å². The predicted molar refractivity (Wildman–Crippen MR) is 119 cm³/mol. The average molecular weight is 424 g/mol. The number of aromatic nitrogens is 2. The molecule has 3 aromatic rings. The van der Waals surface area contributed by atoms with Crippen LogP contribution in [0.25, 0.3) is 22.2 Å². The van der Waals surface area contributed by atoms with Crippen molar-refractivity contribution in [3.8, 4) is 11.1 Å². The van der Waals surface area contributed by atoms with Gasteiger partial charge in [-0.05, 0) is 67.1 Å². The first-order valence-corrected chi connectivity index (χ1v) is 9.64. The van der Waals surface area contributed by atoms with Crippen LogP contribution in [0.4, 0.5) is 4.39 Å². The number of aryl methyl sites for hydroxylation is 1. The minimum atomic E-state index is -0.136. The highest BCUT2D eigenvalue weighted by Gasteiger charge is 2.13. The van der Waals surface area contributed by atoms with Crippen LogP contribution in [0.15, 0.2) is 36.7 Å². The summed E-state index contributed by atoms with van der Waals surface area (Å²) in [5.41, 5.74) is 5.71. The SMILES string of the molecule is Cc1cc2nc[nH]c2cc1-c1ccc(CNCC2CCCCC2)c(F)c1.Cl.Cl. The van der Waals surface area contributed by atoms with Crippen LogP contribution in [-0.4, -0.2) is 16.5 Å². The molecule has 2 N–H and O–H groups in total. The molecule has 2 aromatic carbocycles. The van der Waals surface area contributed by atoms with Crippen LogP contribution in [0, 0.1) is 18.7 Å². The molecule has 1 saturated carbocycles. The van der Waals surface area contributed by atoms with E-state index in [1.807, 2.05) is 31.2 Å². The zero-order chi connectivity index (χ0) is 17.9. The molecule has 1 aliphatic rings. The number of nitrogens with one attached hydrogen (secondary N) is 2. The summed E-state index contributed by atoms with van der Waals surface area (Å²) in [6.07, 6.45) is 8.37. The van der Waals surface area contributed by atoms with Gasteiger partial charge in [0.1, 0.15) is 5.82 Å². The quantitative estimate of drug-likeness (QED) is 0.513. The molecule has 1 aromatic heterocycles. The van der Waals surface area contributed by atoms with Gasteiger partial charge in [-0.2, -0.15) is 0 Å². The summed E-state index contributed by atoms with van der Waals surface area (Å²) in [5.74, 6) is 0.623. The van der Waals surface area contributed by atoms with E-state index >= 15 is 0 Å². The molecule has 1 aliphatic carbocycles. The lowest BCUT2D eigenvalue weighted by molar-refractivity contribution is 0.341. The lowest BCUT2D eigenvalue weighted by atomic mass is 9.89. The molecule has 3 nitrogen and oxygen atoms in total. The molecule has 0 unspecified atom stereocenters. The lowest BCUT2D eigenvalue weighted by Gasteiger charge is -2.21. The molecule has 0 spiro atoms. The number of rotatable bonds is 5. The number of aromatic amines is 1. The molecule has 0 aliphatic heterocycles. The molecule has 0 saturated heterocycles. The fourth-order valence-corrected chi connectivity index (χ4v) is 4.06. The Bertz CT molecular complexity index is 904. The van der Waals surface area contributed by atoms with Gasteiger partial charge >= 0.3 is 0 Å². The molecule has 1 heterocycles. The van der Waals surface area contributed by atoms with Gasteiger partial charge in [0.2, 0.25) is 0 Å². The third kappa shape index (κ3) is 5.05. The topological polar surface area (TPSA) is 40.7 Å². The molecule has 152 valence electrons. The van der Waals surface area contributed by atoms with E-state index in [2.05, 4.69) is 15.3 Å². The van der Waals surface area contributed by atoms with Gasteiger partial charge in [-0.25, -0.2) is 9.37 Å². The molecule has 0 bridgehead atoms. The molecule has 28 heavy (non-hydrogen) atoms. The maximum absolute atomic E-state index is 14.6. The Morgan fingerprint density at radius 1 is 1.11 bits per heavy atom. The van der Waals surface area contributed by atoms with Crippen LogP contribution in [0.5, 0.6) is 0 Å². The Hall–Kier alpha value is -1.62. The zero-order valence-electron chi connectivity index (χ0n) is 16.1. The number of fused-ring (bicyclic) bond motifs is 1. The first-order valence-electron chi connectivity index (χ1n) is 9.64. The third-order valence-corrected chi connectivity index (χ3v) is 5.60. The highest BCUT2D eigenvalue weighted by molar-refractivity contribution is 5.86. The van der Waals surface area contributed by atoms with E-state index in [1.165, 1.54) is 32.1 Å². The maximum Gasteiger partial charge on any atom is 0.128 e. The van der Waals surface area contributed by atoms with Crippen LogP contribution in [0.3, 0.4) is 0 Å². The summed E-state index contributed by atoms with van der Waals surface area (Å²) in [6, 6.07) is 9.68. The van der Waals surface area contributed by atoms with Crippen molar-refractivity contribution < 1.29 is 4.39 Å². The van der Waals surface area contributed by atoms with Crippen molar-refractivity contribution in [2.24, 2.45) is 5.92 Å². The number of H-pyrrole nitrogens is 1. The largest absolute Gasteiger partial charge is 0.345 e. The van der Waals surface area contributed by atoms with Gasteiger partial charge in [0.15, 0.2) is 0 Å². The smallest absolute Gasteiger partial charge is 0.128 e. The summed E-state index contributed by atoms with van der Waals surface area (Å²) in [5, 5.41) is 3.45. The number of hydrogen-bond donors (Lipinski definition) is 2. The van der Waals surface area contributed by atoms with E-state index in [4.69, 9.17) is 0 Å². The molecule has 4 rings (SSSR count). The Labute approximate surface area is 178 Å². The molecule has 0 amide bonds. The second kappa shape index (κ2) is 10.2. The number of imidazole rings is 1. The number of nitrogens with zero attached hydrogens (tertiary/aromatic N) is 1. The number of benzene rings is 2. The van der Waals surface area contributed by atoms with E-state index in [9.17, 15) is 4.39 Å². The summed E-state index contributed by atoms with van der Waals surface area (Å²) in [7, 11) is 0. The Morgan fingerprint density at radius 3 is 2.64 bits per heavy atom. The van der Waals surface area contributed by atoms with Crippen molar-refractivity contribution in [1.29, 1.82) is 0 Å². The molecule has 6 heteroatoms. The second-order valence-corrected chi connectivity index (χ2v) is 7.53. The fraction of sp³-hybridized carbons (Fsp3) is 0.409. The summed E-state index contributed by atoms with van der Waals surface area (Å²) in [4.78, 5) is 7.41. The second-order valence-electron chi connectivity index (χ2n) is 7.53. The molecular formula is C22H28Cl2FN3. The standard InChI is InChI=1S/C22H26FN3.2ClH/c1-15-9-21-22(26-14-25-21)11-19(15)17-7-8-18(20(23)10-17)13-24-12-16-5-3-2-4-6-16;;/h7-11,14,16,24H,2-6,12-13H2,1H3,(H,25,26);2*1H. The molecule has 0 radical (unpaired) electrons. The Morgan fingerprint density at radius 2 is 1.89 bits per heavy atom. The van der Waals surface area contributed by atoms with E-state index in [0.717, 1.165) is 45.7 Å². The van der Waals surface area contributed by atoms with Gasteiger partial charge in [0, 0.05) is 12.1 Å². The zero-order valence-corrected chi connectivity index (χ0v) is 17.8. The van der Waals surface area contributed by atoms with Gasteiger partial charge < -0.3 is 10.3 Å². The van der Waals surface area contributed by atoms with Crippen molar-refractivity contribution in [3.63, 3.8) is 0 Å². The lowest BCUT2D eigenvalue weighted by Crippen LogP contribution is -2.24. The highest BCUT2D eigenvalue weighted by atomic mass is 35.5. The molecular weight excluding hydrogens is 396 g/mol. The van der Waals surface area contributed by atoms with Crippen LogP contribution < -0.4 is 5.32 Å². The number of halogens is 3. The van der Waals surface area contributed by atoms with Gasteiger partial charge in [-0.3, -0.25) is 0 Å². The summed E-state index contributed by atoms with van der Waals surface area (Å²) in [6.45, 7) is 3.64. The van der Waals surface area contributed by atoms with E-state index in [0.29, 0.717) is 6.54 Å². The minimum absolute atomic E-state index is 0. The summed E-state index contributed by atoms with van der Waals surface area (Å²) >= 11 is 0. The van der Waals surface area contributed by atoms with Crippen molar-refractivity contribution >= 4 is 35.8 Å². The minimum Gasteiger partial charge on any atom is -0.345 e. The highest BCUT2D eigenvalue weighted by Crippen LogP contribution is 2.28. The van der Waals surface area contributed by atoms with Crippen LogP contribution in [0.1, 0.15) is 43.2 Å². The summed E-state index contributed by atoms with van der Waals surface area (Å²) < 4.78 is 14.6. The first kappa shape index (κ1) is 22.7. The van der Waals surface area contributed by atoms with Gasteiger partial charge in [0.25, 0.3) is 0 Å². The van der Waals surface area contributed by atoms with Gasteiger partial charge in [-0.1, -0.05) is 31.4 Å². The Balaban J connectivity index is 0.00000140. The number of hydrogen-bond acceptors (Lipinski definition) is 2. The average Bonchev–Trinajstić information content (AvgIpc) is 3.10. The molecule has 0 atom stereocenters. The van der Waals surface area contributed by atoms with Crippen LogP contribution in [-0.2, 0) is 6.54 Å². The maximum atomic E-state index is 14.6. The fourth-order valence-electron chi connectivity index (χ4n) is 4.06. The van der Waals surface area contributed by atoms with Crippen molar-refractivity contribution in [2.75, 3.05) is 6.54 Å². The molecule has 1 fully saturated rings. The Kier molecular flexibility index (Phi) is 8.29. The monoisotopic (exact) mass is 423 g/mol. The van der Waals surface area contributed by atoms with E-state index < -0.39 is 0 Å². The van der Waals surface area contributed by atoms with Crippen LogP contribution >= 0.6 is 24.8 Å². The van der Waals surface area contributed by atoms with E-state index in [-0.39, 0.29) is 30.6 Å². The predicted octanol–water partition coefficient (Wildman–Crippen LogP) is 6.19. The normalized spacial score (nSPS) is 14.5. The van der Waals surface area contributed by atoms with Crippen molar-refractivity contribution in [2.45, 2.75) is 45.6 Å². The van der Waals surface area contributed by atoms with Crippen LogP contribution in [0.2, 0.25) is 0 Å². The van der Waals surface area contributed by atoms with Gasteiger partial charge in [-0.15, -0.1) is 24.8 Å². The van der Waals surface area contributed by atoms with Crippen molar-refractivity contribution in [3.05, 3.63) is 53.6 Å². The third-order valence-electron chi connectivity index (χ3n) is 5.60. The van der Waals surface area contributed by atoms with Gasteiger partial charge in [0.05, 0.1) is 17.4 Å². The first-order chi connectivity index (χ1) is 12.7. The van der Waals surface area contributed by atoms with E-state index in [1.54, 1.807) is 12.4 Å².